The van der Waals surface area contributed by atoms with E-state index in [1.807, 2.05) is 0 Å². The summed E-state index contributed by atoms with van der Waals surface area (Å²) >= 11 is 0. The molecule has 0 bridgehead atoms. The van der Waals surface area contributed by atoms with Crippen LogP contribution < -0.4 is 15.2 Å². The molecule has 0 heterocycles. The Morgan fingerprint density at radius 1 is 1.29 bits per heavy atom. The van der Waals surface area contributed by atoms with Gasteiger partial charge in [0.05, 0.1) is 24.7 Å². The number of carbonyl (C=O) groups is 2. The Morgan fingerprint density at radius 3 is 2.58 bits per heavy atom. The molecule has 2 N–H and O–H groups in total. The molecule has 0 aromatic heterocycles. The van der Waals surface area contributed by atoms with E-state index < -0.39 is 24.6 Å². The van der Waals surface area contributed by atoms with E-state index in [0.29, 0.717) is 13.2 Å². The van der Waals surface area contributed by atoms with Gasteiger partial charge in [0.1, 0.15) is 12.4 Å². The van der Waals surface area contributed by atoms with E-state index in [0.717, 1.165) is 0 Å². The Kier molecular flexibility index (Phi) is 14.7. The summed E-state index contributed by atoms with van der Waals surface area (Å²) in [5.41, 5.74) is 0.229. The molecule has 9 heteroatoms. The number of benzene rings is 1. The second-order valence-corrected chi connectivity index (χ2v) is 4.35. The molecule has 0 saturated carbocycles. The molecule has 24 heavy (non-hydrogen) atoms. The van der Waals surface area contributed by atoms with Crippen molar-refractivity contribution in [3.63, 3.8) is 0 Å². The molecule has 0 fully saturated rings. The normalized spacial score (nSPS) is 10.8. The quantitative estimate of drug-likeness (QED) is 0.241. The largest absolute Gasteiger partial charge is 2.00 e. The van der Waals surface area contributed by atoms with Crippen molar-refractivity contribution in [3.8, 4) is 5.75 Å². The molecular weight excluding hydrogens is 507 g/mol. The van der Waals surface area contributed by atoms with E-state index in [2.05, 4.69) is 12.2 Å². The van der Waals surface area contributed by atoms with Crippen molar-refractivity contribution in [2.24, 2.45) is 0 Å². The van der Waals surface area contributed by atoms with E-state index in [4.69, 9.17) is 14.2 Å². The zero-order valence-electron chi connectivity index (χ0n) is 13.5. The van der Waals surface area contributed by atoms with Crippen LogP contribution in [0.2, 0.25) is 0 Å². The first-order valence-corrected chi connectivity index (χ1v) is 6.68. The molecule has 1 aromatic carbocycles. The molecule has 0 saturated heterocycles. The van der Waals surface area contributed by atoms with Crippen molar-refractivity contribution < 1.29 is 62.1 Å². The predicted octanol–water partition coefficient (Wildman–Crippen LogP) is -0.769. The van der Waals surface area contributed by atoms with Crippen molar-refractivity contribution >= 4 is 11.9 Å². The Bertz CT molecular complexity index is 498. The van der Waals surface area contributed by atoms with Gasteiger partial charge in [-0.25, -0.2) is 0 Å². The number of para-hydroxylation sites is 1. The fraction of sp³-hybridized carbons (Fsp3) is 0.400. The predicted molar refractivity (Wildman–Crippen MR) is 78.2 cm³/mol. The number of methoxy groups -OCH3 is 1. The van der Waals surface area contributed by atoms with Crippen LogP contribution in [-0.2, 0) is 41.9 Å². The van der Waals surface area contributed by atoms with Gasteiger partial charge in [0.15, 0.2) is 0 Å². The summed E-state index contributed by atoms with van der Waals surface area (Å²) < 4.78 is 15.2. The molecule has 0 aliphatic heterocycles. The fourth-order valence-electron chi connectivity index (χ4n) is 1.58. The van der Waals surface area contributed by atoms with Crippen LogP contribution in [0.25, 0.3) is 0 Å². The van der Waals surface area contributed by atoms with E-state index in [-0.39, 0.29) is 51.0 Å². The molecule has 0 aliphatic rings. The number of ether oxygens (including phenoxy) is 3. The monoisotopic (exact) mass is 528 g/mol. The molecule has 1 atom stereocenters. The first-order valence-electron chi connectivity index (χ1n) is 6.68. The molecule has 130 valence electrons. The van der Waals surface area contributed by atoms with Gasteiger partial charge in [0.2, 0.25) is 0 Å². The SMILES string of the molecule is [CH2-]C(CNC(=O)c1ccccc1OCC(=O)[O-])OCCOC.[Hg+2].[OH-]. The average Bonchev–Trinajstić information content (AvgIpc) is 2.51. The summed E-state index contributed by atoms with van der Waals surface area (Å²) in [5.74, 6) is -1.59. The maximum Gasteiger partial charge on any atom is 2.00 e. The smallest absolute Gasteiger partial charge is 0.870 e. The third-order valence-corrected chi connectivity index (χ3v) is 2.61. The van der Waals surface area contributed by atoms with Gasteiger partial charge in [-0.1, -0.05) is 12.1 Å². The summed E-state index contributed by atoms with van der Waals surface area (Å²) in [4.78, 5) is 22.5. The number of hydrogen-bond donors (Lipinski definition) is 1. The molecule has 8 nitrogen and oxygen atoms in total. The minimum absolute atomic E-state index is 0. The van der Waals surface area contributed by atoms with Gasteiger partial charge >= 0.3 is 27.7 Å². The van der Waals surface area contributed by atoms with Gasteiger partial charge in [-0.2, -0.15) is 0 Å². The van der Waals surface area contributed by atoms with Gasteiger partial charge in [-0.3, -0.25) is 4.79 Å². The standard InChI is InChI=1S/C15H20NO6.Hg.H2O/c1-11(21-8-7-20-2)9-16-15(19)12-5-3-4-6-13(12)22-10-14(17)18;;/h3-6,11H,1,7-10H2,2H3,(H,16,19)(H,17,18);;1H2/q-1;+2;/p-2. The van der Waals surface area contributed by atoms with E-state index in [1.165, 1.54) is 12.1 Å². The first kappa shape index (κ1) is 25.0. The van der Waals surface area contributed by atoms with Crippen LogP contribution in [0.4, 0.5) is 0 Å². The van der Waals surface area contributed by atoms with E-state index in [1.54, 1.807) is 19.2 Å². The summed E-state index contributed by atoms with van der Waals surface area (Å²) in [6, 6.07) is 6.33. The van der Waals surface area contributed by atoms with Gasteiger partial charge in [-0.15, -0.1) is 0 Å². The minimum atomic E-state index is -1.36. The Balaban J connectivity index is 0. The fourth-order valence-corrected chi connectivity index (χ4v) is 1.58. The number of aliphatic carboxylic acids is 1. The van der Waals surface area contributed by atoms with Crippen LogP contribution in [0.3, 0.4) is 0 Å². The van der Waals surface area contributed by atoms with Crippen LogP contribution in [-0.4, -0.2) is 56.9 Å². The average molecular weight is 527 g/mol. The molecular formula is C15H20HgNO7-. The second kappa shape index (κ2) is 14.1. The number of hydrogen-bond acceptors (Lipinski definition) is 7. The zero-order valence-corrected chi connectivity index (χ0v) is 19.0. The number of amides is 1. The van der Waals surface area contributed by atoms with Crippen molar-refractivity contribution in [1.29, 1.82) is 0 Å². The van der Waals surface area contributed by atoms with Gasteiger partial charge in [0, 0.05) is 13.7 Å². The summed E-state index contributed by atoms with van der Waals surface area (Å²) in [6.45, 7) is 4.16. The molecule has 1 aromatic rings. The van der Waals surface area contributed by atoms with E-state index >= 15 is 0 Å². The Hall–Kier alpha value is -1.22. The van der Waals surface area contributed by atoms with E-state index in [9.17, 15) is 14.7 Å². The number of nitrogens with one attached hydrogen (secondary N) is 1. The molecule has 1 unspecified atom stereocenters. The van der Waals surface area contributed by atoms with Crippen molar-refractivity contribution in [1.82, 2.24) is 5.32 Å². The molecule has 1 rings (SSSR count). The Morgan fingerprint density at radius 2 is 1.96 bits per heavy atom. The Labute approximate surface area is 161 Å². The van der Waals surface area contributed by atoms with Gasteiger partial charge in [0.25, 0.3) is 5.91 Å². The minimum Gasteiger partial charge on any atom is -0.870 e. The van der Waals surface area contributed by atoms with Gasteiger partial charge < -0.3 is 41.8 Å². The second-order valence-electron chi connectivity index (χ2n) is 4.35. The molecule has 0 aliphatic carbocycles. The summed E-state index contributed by atoms with van der Waals surface area (Å²) in [6.07, 6.45) is -0.421. The summed E-state index contributed by atoms with van der Waals surface area (Å²) in [7, 11) is 1.56. The summed E-state index contributed by atoms with van der Waals surface area (Å²) in [5, 5.41) is 13.1. The third kappa shape index (κ3) is 9.81. The first-order chi connectivity index (χ1) is 10.5. The van der Waals surface area contributed by atoms with Crippen LogP contribution in [0, 0.1) is 6.92 Å². The van der Waals surface area contributed by atoms with Gasteiger partial charge in [-0.05, 0) is 18.2 Å². The maximum atomic E-state index is 12.1. The van der Waals surface area contributed by atoms with Crippen LogP contribution in [0.1, 0.15) is 10.4 Å². The third-order valence-electron chi connectivity index (χ3n) is 2.61. The van der Waals surface area contributed by atoms with Crippen molar-refractivity contribution in [2.75, 3.05) is 33.5 Å². The molecule has 1 amide bonds. The number of carboxylic acids is 1. The maximum absolute atomic E-state index is 12.1. The molecule has 0 spiro atoms. The topological polar surface area (TPSA) is 127 Å². The number of rotatable bonds is 10. The van der Waals surface area contributed by atoms with Crippen LogP contribution >= 0.6 is 0 Å². The number of carboxylic acid groups (broad SMARTS) is 1. The van der Waals surface area contributed by atoms with Crippen molar-refractivity contribution in [2.45, 2.75) is 6.10 Å². The zero-order chi connectivity index (χ0) is 16.4. The van der Waals surface area contributed by atoms with Crippen molar-refractivity contribution in [3.05, 3.63) is 36.8 Å². The molecule has 0 radical (unpaired) electrons. The van der Waals surface area contributed by atoms with Crippen LogP contribution in [0.5, 0.6) is 5.75 Å². The van der Waals surface area contributed by atoms with Crippen LogP contribution in [0.15, 0.2) is 24.3 Å². The number of carbonyl (C=O) groups excluding carboxylic acids is 2.